The second kappa shape index (κ2) is 6.31. The quantitative estimate of drug-likeness (QED) is 0.365. The number of nitro benzene ring substituents is 1. The molecule has 0 radical (unpaired) electrons. The highest BCUT2D eigenvalue weighted by Gasteiger charge is 2.33. The van der Waals surface area contributed by atoms with Crippen molar-refractivity contribution in [3.8, 4) is 0 Å². The molecule has 3 rings (SSSR count). The molecule has 1 heterocycles. The molecule has 2 aromatic carbocycles. The van der Waals surface area contributed by atoms with E-state index in [1.54, 1.807) is 30.3 Å². The van der Waals surface area contributed by atoms with Gasteiger partial charge in [0.15, 0.2) is 4.32 Å². The lowest BCUT2D eigenvalue weighted by Crippen LogP contribution is -2.27. The largest absolute Gasteiger partial charge is 0.270 e. The number of para-hydroxylation sites is 1. The minimum atomic E-state index is -0.466. The van der Waals surface area contributed by atoms with Crippen LogP contribution in [0, 0.1) is 10.1 Å². The summed E-state index contributed by atoms with van der Waals surface area (Å²) in [6.45, 7) is 0. The Hall–Kier alpha value is -2.51. The van der Waals surface area contributed by atoms with E-state index in [2.05, 4.69) is 0 Å². The molecule has 0 bridgehead atoms. The van der Waals surface area contributed by atoms with E-state index in [0.29, 0.717) is 20.5 Å². The number of amides is 1. The Morgan fingerprint density at radius 2 is 1.87 bits per heavy atom. The van der Waals surface area contributed by atoms with Gasteiger partial charge in [0.05, 0.1) is 15.5 Å². The number of non-ortho nitro benzene ring substituents is 1. The first-order chi connectivity index (χ1) is 11.1. The monoisotopic (exact) mass is 342 g/mol. The van der Waals surface area contributed by atoms with Crippen LogP contribution in [-0.4, -0.2) is 15.2 Å². The van der Waals surface area contributed by atoms with Gasteiger partial charge in [-0.2, -0.15) is 0 Å². The Labute approximate surface area is 141 Å². The summed E-state index contributed by atoms with van der Waals surface area (Å²) in [6, 6.07) is 15.3. The Bertz CT molecular complexity index is 834. The van der Waals surface area contributed by atoms with Crippen LogP contribution in [0.4, 0.5) is 11.4 Å². The molecule has 114 valence electrons. The fourth-order valence-corrected chi connectivity index (χ4v) is 3.45. The molecule has 1 fully saturated rings. The number of hydrogen-bond acceptors (Lipinski definition) is 5. The van der Waals surface area contributed by atoms with Crippen molar-refractivity contribution in [1.82, 2.24) is 0 Å². The summed E-state index contributed by atoms with van der Waals surface area (Å²) in [7, 11) is 0. The van der Waals surface area contributed by atoms with Gasteiger partial charge in [0, 0.05) is 12.1 Å². The van der Waals surface area contributed by atoms with Gasteiger partial charge < -0.3 is 0 Å². The number of anilines is 1. The molecule has 2 aromatic rings. The zero-order valence-corrected chi connectivity index (χ0v) is 13.3. The van der Waals surface area contributed by atoms with E-state index in [4.69, 9.17) is 12.2 Å². The van der Waals surface area contributed by atoms with Crippen molar-refractivity contribution in [2.24, 2.45) is 0 Å². The summed E-state index contributed by atoms with van der Waals surface area (Å²) in [6.07, 6.45) is 1.62. The Morgan fingerprint density at radius 3 is 2.57 bits per heavy atom. The zero-order chi connectivity index (χ0) is 16.4. The number of thioether (sulfide) groups is 1. The number of hydrogen-bond donors (Lipinski definition) is 0. The van der Waals surface area contributed by atoms with E-state index < -0.39 is 4.92 Å². The van der Waals surface area contributed by atoms with Crippen molar-refractivity contribution in [3.05, 3.63) is 75.2 Å². The number of nitrogens with zero attached hydrogens (tertiary/aromatic N) is 2. The molecule has 0 spiro atoms. The minimum absolute atomic E-state index is 0.0164. The number of carbonyl (C=O) groups is 1. The second-order valence-corrected chi connectivity index (χ2v) is 6.38. The van der Waals surface area contributed by atoms with E-state index in [9.17, 15) is 14.9 Å². The molecule has 5 nitrogen and oxygen atoms in total. The van der Waals surface area contributed by atoms with Gasteiger partial charge in [0.1, 0.15) is 0 Å². The first-order valence-electron chi connectivity index (χ1n) is 6.64. The van der Waals surface area contributed by atoms with E-state index in [1.165, 1.54) is 28.8 Å². The second-order valence-electron chi connectivity index (χ2n) is 4.70. The van der Waals surface area contributed by atoms with Gasteiger partial charge >= 0.3 is 0 Å². The van der Waals surface area contributed by atoms with Crippen molar-refractivity contribution < 1.29 is 9.72 Å². The predicted octanol–water partition coefficient (Wildman–Crippen LogP) is 4.00. The normalized spacial score (nSPS) is 16.2. The van der Waals surface area contributed by atoms with Gasteiger partial charge in [0.25, 0.3) is 11.6 Å². The fourth-order valence-electron chi connectivity index (χ4n) is 2.15. The van der Waals surface area contributed by atoms with Crippen LogP contribution in [0.1, 0.15) is 5.56 Å². The highest BCUT2D eigenvalue weighted by atomic mass is 32.2. The molecule has 7 heteroatoms. The van der Waals surface area contributed by atoms with Crippen molar-refractivity contribution >= 4 is 51.7 Å². The lowest BCUT2D eigenvalue weighted by Gasteiger charge is -2.13. The average molecular weight is 342 g/mol. The molecule has 1 saturated heterocycles. The third kappa shape index (κ3) is 3.15. The smallest absolute Gasteiger partial charge is 0.268 e. The van der Waals surface area contributed by atoms with Crippen LogP contribution in [0.25, 0.3) is 6.08 Å². The maximum Gasteiger partial charge on any atom is 0.270 e. The number of rotatable bonds is 3. The van der Waals surface area contributed by atoms with Gasteiger partial charge in [-0.15, -0.1) is 0 Å². The third-order valence-corrected chi connectivity index (χ3v) is 4.49. The maximum absolute atomic E-state index is 12.6. The van der Waals surface area contributed by atoms with Crippen LogP contribution < -0.4 is 4.90 Å². The van der Waals surface area contributed by atoms with E-state index in [1.807, 2.05) is 18.2 Å². The molecule has 0 aliphatic carbocycles. The van der Waals surface area contributed by atoms with Gasteiger partial charge in [0.2, 0.25) is 0 Å². The molecule has 0 saturated carbocycles. The van der Waals surface area contributed by atoms with Gasteiger partial charge in [-0.05, 0) is 23.8 Å². The highest BCUT2D eigenvalue weighted by Crippen LogP contribution is 2.36. The predicted molar refractivity (Wildman–Crippen MR) is 95.2 cm³/mol. The van der Waals surface area contributed by atoms with E-state index in [0.717, 1.165) is 0 Å². The van der Waals surface area contributed by atoms with Crippen LogP contribution in [0.2, 0.25) is 0 Å². The van der Waals surface area contributed by atoms with Gasteiger partial charge in [-0.3, -0.25) is 19.8 Å². The number of benzene rings is 2. The van der Waals surface area contributed by atoms with Crippen LogP contribution >= 0.6 is 24.0 Å². The van der Waals surface area contributed by atoms with Crippen molar-refractivity contribution in [2.75, 3.05) is 4.90 Å². The number of nitro groups is 1. The Balaban J connectivity index is 1.93. The standard InChI is InChI=1S/C16H10N2O3S2/c19-15-14(10-11-5-4-8-13(9-11)18(20)21)23-16(22)17(15)12-6-2-1-3-7-12/h1-10H/b14-10-. The Morgan fingerprint density at radius 1 is 1.13 bits per heavy atom. The summed E-state index contributed by atoms with van der Waals surface area (Å²) in [4.78, 5) is 24.8. The molecular weight excluding hydrogens is 332 g/mol. The van der Waals surface area contributed by atoms with Crippen molar-refractivity contribution in [2.45, 2.75) is 0 Å². The molecule has 1 aliphatic rings. The fraction of sp³-hybridized carbons (Fsp3) is 0. The van der Waals surface area contributed by atoms with Crippen LogP contribution in [-0.2, 0) is 4.79 Å². The van der Waals surface area contributed by atoms with Crippen LogP contribution in [0.15, 0.2) is 59.5 Å². The highest BCUT2D eigenvalue weighted by molar-refractivity contribution is 8.27. The summed E-state index contributed by atoms with van der Waals surface area (Å²) < 4.78 is 0.442. The molecule has 23 heavy (non-hydrogen) atoms. The minimum Gasteiger partial charge on any atom is -0.268 e. The lowest BCUT2D eigenvalue weighted by molar-refractivity contribution is -0.384. The summed E-state index contributed by atoms with van der Waals surface area (Å²) in [5.41, 5.74) is 1.28. The topological polar surface area (TPSA) is 63.4 Å². The first kappa shape index (κ1) is 15.4. The van der Waals surface area contributed by atoms with Crippen LogP contribution in [0.3, 0.4) is 0 Å². The molecule has 0 atom stereocenters. The maximum atomic E-state index is 12.6. The van der Waals surface area contributed by atoms with Crippen molar-refractivity contribution in [3.63, 3.8) is 0 Å². The molecule has 0 aromatic heterocycles. The third-order valence-electron chi connectivity index (χ3n) is 3.19. The molecule has 1 aliphatic heterocycles. The molecule has 1 amide bonds. The van der Waals surface area contributed by atoms with E-state index >= 15 is 0 Å². The van der Waals surface area contributed by atoms with Crippen molar-refractivity contribution in [1.29, 1.82) is 0 Å². The SMILES string of the molecule is O=C1/C(=C/c2cccc([N+](=O)[O-])c2)SC(=S)N1c1ccccc1. The molecular formula is C16H10N2O3S2. The first-order valence-corrected chi connectivity index (χ1v) is 7.86. The zero-order valence-electron chi connectivity index (χ0n) is 11.7. The number of carbonyl (C=O) groups excluding carboxylic acids is 1. The number of thiocarbonyl (C=S) groups is 1. The lowest BCUT2D eigenvalue weighted by atomic mass is 10.2. The van der Waals surface area contributed by atoms with Crippen LogP contribution in [0.5, 0.6) is 0 Å². The molecule has 0 N–H and O–H groups in total. The summed E-state index contributed by atoms with van der Waals surface area (Å²) in [5, 5.41) is 10.8. The molecule has 0 unspecified atom stereocenters. The summed E-state index contributed by atoms with van der Waals surface area (Å²) >= 11 is 6.46. The average Bonchev–Trinajstić information content (AvgIpc) is 2.82. The van der Waals surface area contributed by atoms with Gasteiger partial charge in [-0.1, -0.05) is 54.3 Å². The summed E-state index contributed by atoms with van der Waals surface area (Å²) in [5.74, 6) is -0.224. The van der Waals surface area contributed by atoms with Gasteiger partial charge in [-0.25, -0.2) is 0 Å². The Kier molecular flexibility index (Phi) is 4.22. The van der Waals surface area contributed by atoms with E-state index in [-0.39, 0.29) is 11.6 Å².